The van der Waals surface area contributed by atoms with E-state index in [4.69, 9.17) is 13.9 Å². The van der Waals surface area contributed by atoms with Crippen LogP contribution in [0, 0.1) is 6.92 Å². The molecule has 0 atom stereocenters. The molecule has 0 saturated heterocycles. The first-order valence-electron chi connectivity index (χ1n) is 11.6. The zero-order valence-electron chi connectivity index (χ0n) is 20.1. The van der Waals surface area contributed by atoms with E-state index in [9.17, 15) is 8.42 Å². The zero-order valence-corrected chi connectivity index (χ0v) is 20.9. The molecular weight excluding hydrogens is 476 g/mol. The van der Waals surface area contributed by atoms with E-state index in [1.165, 1.54) is 0 Å². The number of benzene rings is 2. The fraction of sp³-hybridized carbons (Fsp3) is 0.222. The van der Waals surface area contributed by atoms with E-state index in [1.807, 2.05) is 49.6 Å². The molecule has 0 unspecified atom stereocenters. The minimum atomic E-state index is -3.77. The molecule has 0 fully saturated rings. The lowest BCUT2D eigenvalue weighted by atomic mass is 9.91. The first-order valence-corrected chi connectivity index (χ1v) is 13.0. The summed E-state index contributed by atoms with van der Waals surface area (Å²) in [7, 11) is -2.17. The lowest BCUT2D eigenvalue weighted by molar-refractivity contribution is 0.322. The Hall–Kier alpha value is -3.82. The molecule has 0 radical (unpaired) electrons. The van der Waals surface area contributed by atoms with Gasteiger partial charge in [-0.25, -0.2) is 15.0 Å². The highest BCUT2D eigenvalue weighted by molar-refractivity contribution is 7.86. The standard InChI is InChI=1S/C27H26N4O4S/c1-18-3-11-23(12-4-18)36(32,33)35-14-13-19-5-9-22(10-6-19)30-27-29-17-21-8-7-20-16-28-25(34-2)15-24(20)26(21)31-27/h3-6,9-12,15-17H,7-8,13-14H2,1-2H3,(H,29,30,31). The summed E-state index contributed by atoms with van der Waals surface area (Å²) in [6, 6.07) is 16.2. The highest BCUT2D eigenvalue weighted by atomic mass is 32.2. The van der Waals surface area contributed by atoms with Crippen LogP contribution in [-0.4, -0.2) is 37.1 Å². The van der Waals surface area contributed by atoms with Crippen molar-refractivity contribution in [3.63, 3.8) is 0 Å². The van der Waals surface area contributed by atoms with Gasteiger partial charge in [0.25, 0.3) is 10.1 Å². The summed E-state index contributed by atoms with van der Waals surface area (Å²) in [5.74, 6) is 1.05. The Bertz CT molecular complexity index is 1490. The van der Waals surface area contributed by atoms with Gasteiger partial charge in [-0.05, 0) is 67.1 Å². The van der Waals surface area contributed by atoms with Gasteiger partial charge >= 0.3 is 0 Å². The third kappa shape index (κ3) is 5.22. The number of pyridine rings is 1. The molecule has 4 aromatic rings. The molecule has 1 N–H and O–H groups in total. The quantitative estimate of drug-likeness (QED) is 0.348. The van der Waals surface area contributed by atoms with Gasteiger partial charge in [0.2, 0.25) is 11.8 Å². The maximum atomic E-state index is 12.3. The van der Waals surface area contributed by atoms with E-state index in [0.717, 1.165) is 52.0 Å². The number of aromatic nitrogens is 3. The minimum absolute atomic E-state index is 0.0641. The van der Waals surface area contributed by atoms with E-state index in [-0.39, 0.29) is 11.5 Å². The van der Waals surface area contributed by atoms with Gasteiger partial charge in [-0.3, -0.25) is 4.18 Å². The van der Waals surface area contributed by atoms with Crippen LogP contribution in [0.2, 0.25) is 0 Å². The number of anilines is 2. The molecule has 1 aliphatic rings. The van der Waals surface area contributed by atoms with Gasteiger partial charge in [-0.15, -0.1) is 0 Å². The average Bonchev–Trinajstić information content (AvgIpc) is 2.89. The van der Waals surface area contributed by atoms with E-state index < -0.39 is 10.1 Å². The molecule has 0 amide bonds. The monoisotopic (exact) mass is 502 g/mol. The van der Waals surface area contributed by atoms with Crippen LogP contribution >= 0.6 is 0 Å². The second-order valence-electron chi connectivity index (χ2n) is 8.61. The predicted molar refractivity (Wildman–Crippen MR) is 137 cm³/mol. The molecule has 8 nitrogen and oxygen atoms in total. The Balaban J connectivity index is 1.23. The Morgan fingerprint density at radius 3 is 2.42 bits per heavy atom. The molecule has 5 rings (SSSR count). The van der Waals surface area contributed by atoms with Gasteiger partial charge in [0.15, 0.2) is 0 Å². The molecule has 1 aliphatic carbocycles. The maximum Gasteiger partial charge on any atom is 0.296 e. The van der Waals surface area contributed by atoms with Crippen LogP contribution in [0.4, 0.5) is 11.6 Å². The molecule has 0 spiro atoms. The Kier molecular flexibility index (Phi) is 6.67. The smallest absolute Gasteiger partial charge is 0.296 e. The Labute approximate surface area is 210 Å². The number of aryl methyl sites for hydroxylation is 3. The number of fused-ring (bicyclic) bond motifs is 3. The second-order valence-corrected chi connectivity index (χ2v) is 10.2. The van der Waals surface area contributed by atoms with Crippen molar-refractivity contribution < 1.29 is 17.3 Å². The summed E-state index contributed by atoms with van der Waals surface area (Å²) in [6.45, 7) is 1.97. The second kappa shape index (κ2) is 10.0. The minimum Gasteiger partial charge on any atom is -0.481 e. The number of ether oxygens (including phenoxy) is 1. The highest BCUT2D eigenvalue weighted by Gasteiger charge is 2.20. The van der Waals surface area contributed by atoms with Crippen LogP contribution in [0.25, 0.3) is 11.3 Å². The van der Waals surface area contributed by atoms with Crippen molar-refractivity contribution in [1.29, 1.82) is 0 Å². The molecule has 9 heteroatoms. The van der Waals surface area contributed by atoms with Gasteiger partial charge in [0.05, 0.1) is 24.3 Å². The fourth-order valence-electron chi connectivity index (χ4n) is 4.07. The van der Waals surface area contributed by atoms with Gasteiger partial charge < -0.3 is 10.1 Å². The van der Waals surface area contributed by atoms with E-state index in [2.05, 4.69) is 15.3 Å². The van der Waals surface area contributed by atoms with Crippen LogP contribution in [0.1, 0.15) is 22.3 Å². The van der Waals surface area contributed by atoms with Crippen LogP contribution in [0.3, 0.4) is 0 Å². The van der Waals surface area contributed by atoms with Gasteiger partial charge in [0.1, 0.15) is 0 Å². The molecule has 2 heterocycles. The van der Waals surface area contributed by atoms with Crippen LogP contribution in [0.5, 0.6) is 5.88 Å². The van der Waals surface area contributed by atoms with Crippen molar-refractivity contribution in [3.05, 3.63) is 89.2 Å². The number of hydrogen-bond acceptors (Lipinski definition) is 8. The summed E-state index contributed by atoms with van der Waals surface area (Å²) in [6.07, 6.45) is 5.94. The van der Waals surface area contributed by atoms with Crippen molar-refractivity contribution in [1.82, 2.24) is 15.0 Å². The topological polar surface area (TPSA) is 103 Å². The SMILES string of the molecule is COc1cc2c(cn1)CCc1cnc(Nc3ccc(CCOS(=O)(=O)c4ccc(C)cc4)cc3)nc1-2. The molecular formula is C27H26N4O4S. The average molecular weight is 503 g/mol. The van der Waals surface area contributed by atoms with E-state index in [0.29, 0.717) is 18.2 Å². The summed E-state index contributed by atoms with van der Waals surface area (Å²) in [4.78, 5) is 13.7. The fourth-order valence-corrected chi connectivity index (χ4v) is 4.98. The van der Waals surface area contributed by atoms with Crippen LogP contribution in [0.15, 0.2) is 71.9 Å². The van der Waals surface area contributed by atoms with E-state index in [1.54, 1.807) is 31.4 Å². The number of rotatable bonds is 8. The molecule has 184 valence electrons. The number of methoxy groups -OCH3 is 1. The highest BCUT2D eigenvalue weighted by Crippen LogP contribution is 2.34. The maximum absolute atomic E-state index is 12.3. The summed E-state index contributed by atoms with van der Waals surface area (Å²) in [5.41, 5.74) is 6.92. The molecule has 0 aliphatic heterocycles. The third-order valence-electron chi connectivity index (χ3n) is 6.10. The van der Waals surface area contributed by atoms with Gasteiger partial charge in [-0.1, -0.05) is 29.8 Å². The Morgan fingerprint density at radius 2 is 1.67 bits per heavy atom. The summed E-state index contributed by atoms with van der Waals surface area (Å²) in [5, 5.41) is 3.25. The molecule has 2 aromatic heterocycles. The molecule has 0 bridgehead atoms. The lowest BCUT2D eigenvalue weighted by Gasteiger charge is -2.19. The lowest BCUT2D eigenvalue weighted by Crippen LogP contribution is -2.10. The zero-order chi connectivity index (χ0) is 25.1. The first-order chi connectivity index (χ1) is 17.4. The summed E-state index contributed by atoms with van der Waals surface area (Å²) < 4.78 is 35.2. The number of nitrogens with one attached hydrogen (secondary N) is 1. The van der Waals surface area contributed by atoms with Crippen molar-refractivity contribution in [3.8, 4) is 17.1 Å². The van der Waals surface area contributed by atoms with Crippen molar-refractivity contribution in [2.45, 2.75) is 31.1 Å². The first kappa shape index (κ1) is 23.9. The van der Waals surface area contributed by atoms with Gasteiger partial charge in [-0.2, -0.15) is 8.42 Å². The van der Waals surface area contributed by atoms with Crippen LogP contribution < -0.4 is 10.1 Å². The van der Waals surface area contributed by atoms with Crippen molar-refractivity contribution >= 4 is 21.8 Å². The largest absolute Gasteiger partial charge is 0.481 e. The third-order valence-corrected chi connectivity index (χ3v) is 7.43. The van der Waals surface area contributed by atoms with Gasteiger partial charge in [0, 0.05) is 29.7 Å². The molecule has 2 aromatic carbocycles. The van der Waals surface area contributed by atoms with Crippen molar-refractivity contribution in [2.75, 3.05) is 19.0 Å². The number of hydrogen-bond donors (Lipinski definition) is 1. The summed E-state index contributed by atoms with van der Waals surface area (Å²) >= 11 is 0. The Morgan fingerprint density at radius 1 is 0.944 bits per heavy atom. The van der Waals surface area contributed by atoms with Crippen LogP contribution in [-0.2, 0) is 33.6 Å². The molecule has 36 heavy (non-hydrogen) atoms. The van der Waals surface area contributed by atoms with Crippen molar-refractivity contribution in [2.24, 2.45) is 0 Å². The number of nitrogens with zero attached hydrogens (tertiary/aromatic N) is 3. The predicted octanol–water partition coefficient (Wildman–Crippen LogP) is 4.65. The van der Waals surface area contributed by atoms with E-state index >= 15 is 0 Å². The normalized spacial score (nSPS) is 12.5. The molecule has 0 saturated carbocycles.